The quantitative estimate of drug-likeness (QED) is 0.610. The van der Waals surface area contributed by atoms with E-state index in [0.29, 0.717) is 10.9 Å². The average molecular weight is 281 g/mol. The maximum Gasteiger partial charge on any atom is 0.416 e. The predicted octanol–water partition coefficient (Wildman–Crippen LogP) is 3.67. The number of hydrogen-bond donors (Lipinski definition) is 0. The molecule has 0 aliphatic carbocycles. The zero-order chi connectivity index (χ0) is 11.5. The number of benzene rings is 1. The molecule has 0 saturated carbocycles. The number of rotatable bonds is 3. The van der Waals surface area contributed by atoms with E-state index in [4.69, 9.17) is 0 Å². The highest BCUT2D eigenvalue weighted by atomic mass is 79.9. The fraction of sp³-hybridized carbons (Fsp3) is 0.300. The molecule has 0 bridgehead atoms. The molecular weight excluding hydrogens is 273 g/mol. The molecule has 0 unspecified atom stereocenters. The van der Waals surface area contributed by atoms with Crippen molar-refractivity contribution in [1.82, 2.24) is 0 Å². The summed E-state index contributed by atoms with van der Waals surface area (Å²) in [5.74, 6) is -0.166. The summed E-state index contributed by atoms with van der Waals surface area (Å²) in [5, 5.41) is 0.507. The third-order valence-corrected chi connectivity index (χ3v) is 2.25. The summed E-state index contributed by atoms with van der Waals surface area (Å²) in [4.78, 5) is 11.3. The molecular formula is C10H8BrF3O. The van der Waals surface area contributed by atoms with Crippen molar-refractivity contribution in [3.8, 4) is 0 Å². The summed E-state index contributed by atoms with van der Waals surface area (Å²) >= 11 is 3.09. The molecule has 1 rings (SSSR count). The minimum atomic E-state index is -4.35. The summed E-state index contributed by atoms with van der Waals surface area (Å²) in [7, 11) is 0. The number of carbonyl (C=O) groups is 1. The highest BCUT2D eigenvalue weighted by molar-refractivity contribution is 9.09. The Morgan fingerprint density at radius 3 is 2.13 bits per heavy atom. The number of carbonyl (C=O) groups excluding carboxylic acids is 1. The molecule has 0 aliphatic rings. The monoisotopic (exact) mass is 280 g/mol. The van der Waals surface area contributed by atoms with E-state index >= 15 is 0 Å². The molecule has 1 nitrogen and oxygen atoms in total. The Hall–Kier alpha value is -0.840. The second-order valence-corrected chi connectivity index (χ2v) is 3.73. The first kappa shape index (κ1) is 12.2. The van der Waals surface area contributed by atoms with Crippen LogP contribution in [0.5, 0.6) is 0 Å². The van der Waals surface area contributed by atoms with Crippen LogP contribution in [0.1, 0.15) is 22.3 Å². The van der Waals surface area contributed by atoms with Crippen molar-refractivity contribution >= 4 is 21.7 Å². The third-order valence-electron chi connectivity index (χ3n) is 1.86. The van der Waals surface area contributed by atoms with Gasteiger partial charge < -0.3 is 0 Å². The number of halogens is 4. The number of Topliss-reactive ketones (excluding diaryl/α,β-unsaturated/α-hetero) is 1. The van der Waals surface area contributed by atoms with E-state index in [2.05, 4.69) is 15.9 Å². The minimum Gasteiger partial charge on any atom is -0.294 e. The van der Waals surface area contributed by atoms with Gasteiger partial charge in [-0.05, 0) is 12.1 Å². The Morgan fingerprint density at radius 1 is 1.20 bits per heavy atom. The second kappa shape index (κ2) is 4.79. The summed E-state index contributed by atoms with van der Waals surface area (Å²) in [6.07, 6.45) is -4.07. The molecule has 1 aromatic carbocycles. The predicted molar refractivity (Wildman–Crippen MR) is 54.2 cm³/mol. The van der Waals surface area contributed by atoms with E-state index in [1.807, 2.05) is 0 Å². The van der Waals surface area contributed by atoms with Crippen LogP contribution in [-0.4, -0.2) is 11.1 Å². The first-order chi connectivity index (χ1) is 6.95. The first-order valence-electron chi connectivity index (χ1n) is 4.21. The summed E-state index contributed by atoms with van der Waals surface area (Å²) in [6, 6.07) is 4.24. The maximum absolute atomic E-state index is 12.2. The lowest BCUT2D eigenvalue weighted by atomic mass is 10.1. The van der Waals surface area contributed by atoms with Crippen LogP contribution in [-0.2, 0) is 6.18 Å². The fourth-order valence-electron chi connectivity index (χ4n) is 1.08. The molecule has 0 amide bonds. The Bertz CT molecular complexity index is 343. The number of alkyl halides is 4. The van der Waals surface area contributed by atoms with Gasteiger partial charge in [-0.2, -0.15) is 13.2 Å². The molecule has 82 valence electrons. The largest absolute Gasteiger partial charge is 0.416 e. The molecule has 0 N–H and O–H groups in total. The average Bonchev–Trinajstić information content (AvgIpc) is 2.17. The summed E-state index contributed by atoms with van der Waals surface area (Å²) in [6.45, 7) is 0. The molecule has 5 heteroatoms. The van der Waals surface area contributed by atoms with Gasteiger partial charge in [0, 0.05) is 17.3 Å². The van der Waals surface area contributed by atoms with Crippen molar-refractivity contribution in [3.05, 3.63) is 35.4 Å². The molecule has 0 spiro atoms. The van der Waals surface area contributed by atoms with E-state index in [1.54, 1.807) is 0 Å². The topological polar surface area (TPSA) is 17.1 Å². The van der Waals surface area contributed by atoms with Gasteiger partial charge in [0.1, 0.15) is 0 Å². The van der Waals surface area contributed by atoms with Gasteiger partial charge in [0.15, 0.2) is 5.78 Å². The van der Waals surface area contributed by atoms with Crippen LogP contribution in [0.4, 0.5) is 13.2 Å². The molecule has 0 radical (unpaired) electrons. The fourth-order valence-corrected chi connectivity index (χ4v) is 1.44. The lowest BCUT2D eigenvalue weighted by Gasteiger charge is -2.06. The highest BCUT2D eigenvalue weighted by Crippen LogP contribution is 2.29. The lowest BCUT2D eigenvalue weighted by Crippen LogP contribution is -2.06. The van der Waals surface area contributed by atoms with Crippen molar-refractivity contribution in [2.75, 3.05) is 5.33 Å². The summed E-state index contributed by atoms with van der Waals surface area (Å²) < 4.78 is 36.5. The Kier molecular flexibility index (Phi) is 3.90. The molecule has 15 heavy (non-hydrogen) atoms. The van der Waals surface area contributed by atoms with Crippen LogP contribution in [0, 0.1) is 0 Å². The summed E-state index contributed by atoms with van der Waals surface area (Å²) in [5.41, 5.74) is -0.430. The third kappa shape index (κ3) is 3.34. The zero-order valence-electron chi connectivity index (χ0n) is 7.64. The molecule has 0 fully saturated rings. The van der Waals surface area contributed by atoms with Gasteiger partial charge in [-0.1, -0.05) is 28.1 Å². The van der Waals surface area contributed by atoms with E-state index < -0.39 is 11.7 Å². The van der Waals surface area contributed by atoms with E-state index in [0.717, 1.165) is 12.1 Å². The van der Waals surface area contributed by atoms with Gasteiger partial charge >= 0.3 is 6.18 Å². The lowest BCUT2D eigenvalue weighted by molar-refractivity contribution is -0.137. The standard InChI is InChI=1S/C10H8BrF3O/c11-6-5-9(15)7-1-3-8(4-2-7)10(12,13)14/h1-4H,5-6H2. The van der Waals surface area contributed by atoms with Gasteiger partial charge in [-0.15, -0.1) is 0 Å². The zero-order valence-corrected chi connectivity index (χ0v) is 9.23. The van der Waals surface area contributed by atoms with Crippen molar-refractivity contribution < 1.29 is 18.0 Å². The molecule has 0 aliphatic heterocycles. The van der Waals surface area contributed by atoms with Gasteiger partial charge in [0.25, 0.3) is 0 Å². The van der Waals surface area contributed by atoms with Crippen molar-refractivity contribution in [1.29, 1.82) is 0 Å². The van der Waals surface area contributed by atoms with Crippen LogP contribution >= 0.6 is 15.9 Å². The molecule has 0 aromatic heterocycles. The molecule has 0 atom stereocenters. The van der Waals surface area contributed by atoms with Crippen LogP contribution in [0.25, 0.3) is 0 Å². The van der Waals surface area contributed by atoms with E-state index in [9.17, 15) is 18.0 Å². The Balaban J connectivity index is 2.86. The van der Waals surface area contributed by atoms with E-state index in [1.165, 1.54) is 12.1 Å². The number of ketones is 1. The maximum atomic E-state index is 12.2. The molecule has 1 aromatic rings. The number of hydrogen-bond acceptors (Lipinski definition) is 1. The van der Waals surface area contributed by atoms with Crippen molar-refractivity contribution in [2.24, 2.45) is 0 Å². The van der Waals surface area contributed by atoms with Crippen molar-refractivity contribution in [3.63, 3.8) is 0 Å². The van der Waals surface area contributed by atoms with Crippen LogP contribution < -0.4 is 0 Å². The minimum absolute atomic E-state index is 0.166. The van der Waals surface area contributed by atoms with Crippen LogP contribution in [0.2, 0.25) is 0 Å². The van der Waals surface area contributed by atoms with Gasteiger partial charge in [-0.3, -0.25) is 4.79 Å². The van der Waals surface area contributed by atoms with Gasteiger partial charge in [0.05, 0.1) is 5.56 Å². The second-order valence-electron chi connectivity index (χ2n) is 2.94. The van der Waals surface area contributed by atoms with Gasteiger partial charge in [0.2, 0.25) is 0 Å². The SMILES string of the molecule is O=C(CCBr)c1ccc(C(F)(F)F)cc1. The normalized spacial score (nSPS) is 11.5. The van der Waals surface area contributed by atoms with Crippen LogP contribution in [0.15, 0.2) is 24.3 Å². The Labute approximate surface area is 93.4 Å². The first-order valence-corrected chi connectivity index (χ1v) is 5.33. The highest BCUT2D eigenvalue weighted by Gasteiger charge is 2.30. The Morgan fingerprint density at radius 2 is 1.73 bits per heavy atom. The smallest absolute Gasteiger partial charge is 0.294 e. The molecule has 0 heterocycles. The van der Waals surface area contributed by atoms with Crippen LogP contribution in [0.3, 0.4) is 0 Å². The van der Waals surface area contributed by atoms with Crippen molar-refractivity contribution in [2.45, 2.75) is 12.6 Å². The van der Waals surface area contributed by atoms with E-state index in [-0.39, 0.29) is 12.2 Å². The molecule has 0 saturated heterocycles. The van der Waals surface area contributed by atoms with Gasteiger partial charge in [-0.25, -0.2) is 0 Å².